The van der Waals surface area contributed by atoms with Crippen molar-refractivity contribution in [3.05, 3.63) is 87.4 Å². The van der Waals surface area contributed by atoms with Crippen molar-refractivity contribution in [3.63, 3.8) is 0 Å². The summed E-state index contributed by atoms with van der Waals surface area (Å²) in [5, 5.41) is 2.43. The number of nitrogens with one attached hydrogen (secondary N) is 1. The number of amides is 1. The van der Waals surface area contributed by atoms with E-state index in [2.05, 4.69) is 5.32 Å². The van der Waals surface area contributed by atoms with Gasteiger partial charge in [-0.2, -0.15) is 13.2 Å². The van der Waals surface area contributed by atoms with Gasteiger partial charge < -0.3 is 5.32 Å². The molecule has 1 amide bonds. The van der Waals surface area contributed by atoms with Gasteiger partial charge in [-0.05, 0) is 67.9 Å². The number of hydrogen-bond acceptors (Lipinski definition) is 3. The number of carbonyl (C=O) groups excluding carboxylic acids is 1. The summed E-state index contributed by atoms with van der Waals surface area (Å²) < 4.78 is 67.7. The number of hydrogen-bond donors (Lipinski definition) is 1. The van der Waals surface area contributed by atoms with Gasteiger partial charge in [0, 0.05) is 10.7 Å². The van der Waals surface area contributed by atoms with Crippen LogP contribution in [0.1, 0.15) is 16.7 Å². The Labute approximate surface area is 205 Å². The fourth-order valence-electron chi connectivity index (χ4n) is 3.13. The van der Waals surface area contributed by atoms with Crippen molar-refractivity contribution in [2.75, 3.05) is 16.2 Å². The third-order valence-corrected chi connectivity index (χ3v) is 7.25. The SMILES string of the molecule is Cc1ccc(S(=O)(=O)N(CC(=O)Nc2ccc(Cl)cc2C)c2ccc(Cl)c(C(F)(F)F)c2)cc1. The zero-order chi connectivity index (χ0) is 25.3. The van der Waals surface area contributed by atoms with E-state index in [4.69, 9.17) is 23.2 Å². The van der Waals surface area contributed by atoms with E-state index in [0.29, 0.717) is 26.6 Å². The number of benzene rings is 3. The molecule has 0 unspecified atom stereocenters. The highest BCUT2D eigenvalue weighted by molar-refractivity contribution is 7.92. The van der Waals surface area contributed by atoms with Crippen molar-refractivity contribution in [1.82, 2.24) is 0 Å². The van der Waals surface area contributed by atoms with Crippen LogP contribution >= 0.6 is 23.2 Å². The molecule has 11 heteroatoms. The van der Waals surface area contributed by atoms with Crippen LogP contribution in [-0.4, -0.2) is 20.9 Å². The number of rotatable bonds is 6. The summed E-state index contributed by atoms with van der Waals surface area (Å²) in [7, 11) is -4.41. The molecule has 0 saturated heterocycles. The van der Waals surface area contributed by atoms with E-state index in [0.717, 1.165) is 17.7 Å². The molecule has 0 spiro atoms. The Bertz CT molecular complexity index is 1330. The highest BCUT2D eigenvalue weighted by Gasteiger charge is 2.35. The lowest BCUT2D eigenvalue weighted by Crippen LogP contribution is -2.38. The lowest BCUT2D eigenvalue weighted by atomic mass is 10.2. The van der Waals surface area contributed by atoms with Crippen LogP contribution in [0.15, 0.2) is 65.6 Å². The van der Waals surface area contributed by atoms with Crippen LogP contribution in [0.3, 0.4) is 0 Å². The normalized spacial score (nSPS) is 11.9. The quantitative estimate of drug-likeness (QED) is 0.397. The first kappa shape index (κ1) is 25.9. The number of sulfonamides is 1. The lowest BCUT2D eigenvalue weighted by Gasteiger charge is -2.25. The molecule has 0 aliphatic carbocycles. The Morgan fingerprint density at radius 3 is 2.21 bits per heavy atom. The molecular formula is C23H19Cl2F3N2O3S. The van der Waals surface area contributed by atoms with Crippen LogP contribution < -0.4 is 9.62 Å². The monoisotopic (exact) mass is 530 g/mol. The largest absolute Gasteiger partial charge is 0.417 e. The predicted octanol–water partition coefficient (Wildman–Crippen LogP) is 6.46. The molecular weight excluding hydrogens is 512 g/mol. The molecule has 0 aliphatic rings. The maximum Gasteiger partial charge on any atom is 0.417 e. The first-order valence-electron chi connectivity index (χ1n) is 9.81. The summed E-state index contributed by atoms with van der Waals surface area (Å²) in [5.41, 5.74) is 0.214. The summed E-state index contributed by atoms with van der Waals surface area (Å²) in [6, 6.07) is 13.1. The number of anilines is 2. The molecule has 3 aromatic carbocycles. The van der Waals surface area contributed by atoms with Gasteiger partial charge in [0.2, 0.25) is 5.91 Å². The van der Waals surface area contributed by atoms with Gasteiger partial charge in [0.15, 0.2) is 0 Å². The molecule has 3 aromatic rings. The van der Waals surface area contributed by atoms with Crippen LogP contribution in [-0.2, 0) is 21.0 Å². The molecule has 3 rings (SSSR count). The summed E-state index contributed by atoms with van der Waals surface area (Å²) in [5.74, 6) is -0.760. The van der Waals surface area contributed by atoms with Crippen LogP contribution in [0.4, 0.5) is 24.5 Å². The topological polar surface area (TPSA) is 66.5 Å². The highest BCUT2D eigenvalue weighted by atomic mass is 35.5. The summed E-state index contributed by atoms with van der Waals surface area (Å²) in [6.07, 6.45) is -4.82. The van der Waals surface area contributed by atoms with E-state index in [1.54, 1.807) is 44.2 Å². The lowest BCUT2D eigenvalue weighted by molar-refractivity contribution is -0.137. The molecule has 0 heterocycles. The van der Waals surface area contributed by atoms with Gasteiger partial charge in [-0.15, -0.1) is 0 Å². The number of nitrogens with zero attached hydrogens (tertiary/aromatic N) is 1. The smallest absolute Gasteiger partial charge is 0.324 e. The average molecular weight is 531 g/mol. The maximum atomic E-state index is 13.4. The van der Waals surface area contributed by atoms with E-state index in [1.807, 2.05) is 0 Å². The number of aryl methyl sites for hydroxylation is 2. The standard InChI is InChI=1S/C23H19Cl2F3N2O3S/c1-14-3-7-18(8-4-14)34(32,33)30(17-6-9-20(25)19(12-17)23(26,27)28)13-22(31)29-21-10-5-16(24)11-15(21)2/h3-12H,13H2,1-2H3,(H,29,31). The summed E-state index contributed by atoms with van der Waals surface area (Å²) >= 11 is 11.6. The van der Waals surface area contributed by atoms with Crippen molar-refractivity contribution in [2.24, 2.45) is 0 Å². The van der Waals surface area contributed by atoms with Gasteiger partial charge in [-0.25, -0.2) is 8.42 Å². The van der Waals surface area contributed by atoms with E-state index in [9.17, 15) is 26.4 Å². The Morgan fingerprint density at radius 1 is 0.971 bits per heavy atom. The predicted molar refractivity (Wildman–Crippen MR) is 127 cm³/mol. The second kappa shape index (κ2) is 9.85. The number of alkyl halides is 3. The molecule has 180 valence electrons. The van der Waals surface area contributed by atoms with E-state index >= 15 is 0 Å². The fraction of sp³-hybridized carbons (Fsp3) is 0.174. The third kappa shape index (κ3) is 5.84. The number of halogens is 5. The summed E-state index contributed by atoms with van der Waals surface area (Å²) in [6.45, 7) is 2.67. The Kier molecular flexibility index (Phi) is 7.50. The fourth-order valence-corrected chi connectivity index (χ4v) is 4.99. The van der Waals surface area contributed by atoms with Crippen LogP contribution in [0.25, 0.3) is 0 Å². The first-order chi connectivity index (χ1) is 15.8. The zero-order valence-corrected chi connectivity index (χ0v) is 20.3. The zero-order valence-electron chi connectivity index (χ0n) is 18.0. The van der Waals surface area contributed by atoms with Crippen molar-refractivity contribution in [1.29, 1.82) is 0 Å². The van der Waals surface area contributed by atoms with Crippen molar-refractivity contribution >= 4 is 50.5 Å². The molecule has 1 N–H and O–H groups in total. The first-order valence-corrected chi connectivity index (χ1v) is 12.0. The minimum absolute atomic E-state index is 0.183. The summed E-state index contributed by atoms with van der Waals surface area (Å²) in [4.78, 5) is 12.6. The van der Waals surface area contributed by atoms with Gasteiger partial charge in [-0.1, -0.05) is 40.9 Å². The number of carbonyl (C=O) groups is 1. The van der Waals surface area contributed by atoms with E-state index < -0.39 is 39.2 Å². The molecule has 0 aromatic heterocycles. The second-order valence-electron chi connectivity index (χ2n) is 7.49. The van der Waals surface area contributed by atoms with Gasteiger partial charge >= 0.3 is 6.18 Å². The Balaban J connectivity index is 2.05. The highest BCUT2D eigenvalue weighted by Crippen LogP contribution is 2.38. The van der Waals surface area contributed by atoms with Crippen LogP contribution in [0, 0.1) is 13.8 Å². The molecule has 34 heavy (non-hydrogen) atoms. The van der Waals surface area contributed by atoms with Gasteiger partial charge in [-0.3, -0.25) is 9.10 Å². The maximum absolute atomic E-state index is 13.4. The van der Waals surface area contributed by atoms with Gasteiger partial charge in [0.25, 0.3) is 10.0 Å². The molecule has 0 saturated carbocycles. The average Bonchev–Trinajstić information content (AvgIpc) is 2.74. The molecule has 0 atom stereocenters. The van der Waals surface area contributed by atoms with Crippen molar-refractivity contribution in [2.45, 2.75) is 24.9 Å². The molecule has 0 radical (unpaired) electrons. The van der Waals surface area contributed by atoms with Gasteiger partial charge in [0.05, 0.1) is 21.2 Å². The van der Waals surface area contributed by atoms with Crippen molar-refractivity contribution in [3.8, 4) is 0 Å². The van der Waals surface area contributed by atoms with Crippen LogP contribution in [0.2, 0.25) is 10.0 Å². The van der Waals surface area contributed by atoms with E-state index in [1.165, 1.54) is 12.1 Å². The minimum Gasteiger partial charge on any atom is -0.324 e. The van der Waals surface area contributed by atoms with Crippen molar-refractivity contribution < 1.29 is 26.4 Å². The Hall–Kier alpha value is -2.75. The van der Waals surface area contributed by atoms with E-state index in [-0.39, 0.29) is 10.6 Å². The Morgan fingerprint density at radius 2 is 1.62 bits per heavy atom. The van der Waals surface area contributed by atoms with Crippen LogP contribution in [0.5, 0.6) is 0 Å². The molecule has 0 aliphatic heterocycles. The molecule has 0 fully saturated rings. The molecule has 5 nitrogen and oxygen atoms in total. The van der Waals surface area contributed by atoms with Gasteiger partial charge in [0.1, 0.15) is 6.54 Å². The second-order valence-corrected chi connectivity index (χ2v) is 10.2. The molecule has 0 bridgehead atoms. The minimum atomic E-state index is -4.82. The third-order valence-electron chi connectivity index (χ3n) is 4.90.